The van der Waals surface area contributed by atoms with Crippen LogP contribution in [0.25, 0.3) is 0 Å². The van der Waals surface area contributed by atoms with Gasteiger partial charge in [0.15, 0.2) is 11.5 Å². The molecule has 0 aromatic heterocycles. The first-order valence-electron chi connectivity index (χ1n) is 6.05. The Morgan fingerprint density at radius 2 is 2.00 bits per heavy atom. The number of hydrogen-bond acceptors (Lipinski definition) is 5. The second-order valence-corrected chi connectivity index (χ2v) is 6.35. The van der Waals surface area contributed by atoms with E-state index in [1.165, 1.54) is 17.4 Å². The van der Waals surface area contributed by atoms with Crippen molar-refractivity contribution >= 4 is 22.4 Å². The number of halogens is 1. The number of sulfonamides is 1. The van der Waals surface area contributed by atoms with Crippen LogP contribution in [0.2, 0.25) is 0 Å². The summed E-state index contributed by atoms with van der Waals surface area (Å²) in [7, 11) is -2.13. The molecule has 6 nitrogen and oxygen atoms in total. The van der Waals surface area contributed by atoms with Gasteiger partial charge in [0.2, 0.25) is 10.0 Å². The zero-order valence-electron chi connectivity index (χ0n) is 11.4. The molecule has 0 amide bonds. The molecule has 2 N–H and O–H groups in total. The van der Waals surface area contributed by atoms with Crippen molar-refractivity contribution in [3.05, 3.63) is 18.2 Å². The van der Waals surface area contributed by atoms with Gasteiger partial charge in [0.05, 0.1) is 0 Å². The average Bonchev–Trinajstić information content (AvgIpc) is 2.44. The molecule has 1 unspecified atom stereocenters. The minimum absolute atomic E-state index is 0. The maximum Gasteiger partial charge on any atom is 0.246 e. The number of nitrogens with two attached hydrogens (primary N) is 1. The minimum atomic E-state index is -3.64. The van der Waals surface area contributed by atoms with Crippen molar-refractivity contribution < 1.29 is 17.9 Å². The van der Waals surface area contributed by atoms with E-state index in [-0.39, 0.29) is 35.6 Å². The summed E-state index contributed by atoms with van der Waals surface area (Å²) in [6, 6.07) is 4.56. The predicted molar refractivity (Wildman–Crippen MR) is 78.1 cm³/mol. The highest BCUT2D eigenvalue weighted by atomic mass is 35.5. The summed E-state index contributed by atoms with van der Waals surface area (Å²) < 4.78 is 37.2. The van der Waals surface area contributed by atoms with Gasteiger partial charge in [0, 0.05) is 19.6 Å². The summed E-state index contributed by atoms with van der Waals surface area (Å²) in [6.45, 7) is 2.77. The normalized spacial score (nSPS) is 15.6. The molecule has 1 heterocycles. The van der Waals surface area contributed by atoms with E-state index in [1.54, 1.807) is 19.1 Å². The molecule has 8 heteroatoms. The van der Waals surface area contributed by atoms with E-state index in [0.717, 1.165) is 0 Å². The highest BCUT2D eigenvalue weighted by Gasteiger charge is 2.30. The molecule has 0 saturated carbocycles. The fourth-order valence-electron chi connectivity index (χ4n) is 1.79. The van der Waals surface area contributed by atoms with Gasteiger partial charge >= 0.3 is 0 Å². The first kappa shape index (κ1) is 17.0. The van der Waals surface area contributed by atoms with Gasteiger partial charge in [0.25, 0.3) is 0 Å². The molecule has 114 valence electrons. The molecule has 1 aliphatic heterocycles. The lowest BCUT2D eigenvalue weighted by Crippen LogP contribution is -2.39. The Labute approximate surface area is 125 Å². The third-order valence-electron chi connectivity index (χ3n) is 3.15. The predicted octanol–water partition coefficient (Wildman–Crippen LogP) is 0.847. The van der Waals surface area contributed by atoms with Gasteiger partial charge in [-0.1, -0.05) is 6.07 Å². The monoisotopic (exact) mass is 322 g/mol. The first-order chi connectivity index (χ1) is 8.98. The fourth-order valence-corrected chi connectivity index (χ4v) is 3.31. The van der Waals surface area contributed by atoms with Gasteiger partial charge < -0.3 is 15.2 Å². The first-order valence-corrected chi connectivity index (χ1v) is 7.49. The topological polar surface area (TPSA) is 81.9 Å². The molecular formula is C12H19ClN2O4S. The lowest BCUT2D eigenvalue weighted by molar-refractivity contribution is 0.166. The van der Waals surface area contributed by atoms with E-state index in [9.17, 15) is 8.42 Å². The summed E-state index contributed by atoms with van der Waals surface area (Å²) in [4.78, 5) is 0.118. The van der Waals surface area contributed by atoms with Crippen molar-refractivity contribution in [1.29, 1.82) is 0 Å². The van der Waals surface area contributed by atoms with Crippen molar-refractivity contribution in [2.24, 2.45) is 5.73 Å². The molecule has 0 spiro atoms. The summed E-state index contributed by atoms with van der Waals surface area (Å²) in [5.41, 5.74) is 5.52. The van der Waals surface area contributed by atoms with Crippen molar-refractivity contribution in [3.63, 3.8) is 0 Å². The molecule has 0 fully saturated rings. The molecule has 1 aromatic carbocycles. The maximum absolute atomic E-state index is 12.5. The second-order valence-electron chi connectivity index (χ2n) is 4.39. The third kappa shape index (κ3) is 3.01. The Hall–Kier alpha value is -1.02. The Morgan fingerprint density at radius 1 is 1.35 bits per heavy atom. The molecular weight excluding hydrogens is 304 g/mol. The van der Waals surface area contributed by atoms with Gasteiger partial charge in [-0.15, -0.1) is 12.4 Å². The SMILES string of the molecule is CC(CN)N(C)S(=O)(=O)c1cccc2c1OCCO2.Cl. The van der Waals surface area contributed by atoms with Crippen LogP contribution in [0.15, 0.2) is 23.1 Å². The van der Waals surface area contributed by atoms with Crippen LogP contribution < -0.4 is 15.2 Å². The number of nitrogens with zero attached hydrogens (tertiary/aromatic N) is 1. The van der Waals surface area contributed by atoms with Crippen LogP contribution in [-0.4, -0.2) is 45.6 Å². The van der Waals surface area contributed by atoms with Crippen LogP contribution in [-0.2, 0) is 10.0 Å². The van der Waals surface area contributed by atoms with Gasteiger partial charge in [-0.05, 0) is 19.1 Å². The minimum Gasteiger partial charge on any atom is -0.486 e. The summed E-state index contributed by atoms with van der Waals surface area (Å²) in [6.07, 6.45) is 0. The standard InChI is InChI=1S/C12H18N2O4S.ClH/c1-9(8-13)14(2)19(15,16)11-5-3-4-10-12(11)18-7-6-17-10;/h3-5,9H,6-8,13H2,1-2H3;1H. The van der Waals surface area contributed by atoms with Gasteiger partial charge in [-0.25, -0.2) is 8.42 Å². The van der Waals surface area contributed by atoms with Gasteiger partial charge in [-0.2, -0.15) is 4.31 Å². The number of fused-ring (bicyclic) bond motifs is 1. The van der Waals surface area contributed by atoms with E-state index in [4.69, 9.17) is 15.2 Å². The van der Waals surface area contributed by atoms with E-state index in [2.05, 4.69) is 0 Å². The third-order valence-corrected chi connectivity index (χ3v) is 5.14. The number of para-hydroxylation sites is 1. The second kappa shape index (κ2) is 6.62. The van der Waals surface area contributed by atoms with Crippen LogP contribution in [0, 0.1) is 0 Å². The average molecular weight is 323 g/mol. The Morgan fingerprint density at radius 3 is 2.65 bits per heavy atom. The molecule has 0 aliphatic carbocycles. The van der Waals surface area contributed by atoms with E-state index in [0.29, 0.717) is 19.0 Å². The van der Waals surface area contributed by atoms with Crippen molar-refractivity contribution in [2.45, 2.75) is 17.9 Å². The Kier molecular flexibility index (Phi) is 5.64. The lowest BCUT2D eigenvalue weighted by Gasteiger charge is -2.26. The van der Waals surface area contributed by atoms with Crippen molar-refractivity contribution in [1.82, 2.24) is 4.31 Å². The highest BCUT2D eigenvalue weighted by Crippen LogP contribution is 2.37. The van der Waals surface area contributed by atoms with Gasteiger partial charge in [0.1, 0.15) is 18.1 Å². The van der Waals surface area contributed by atoms with Crippen LogP contribution >= 0.6 is 12.4 Å². The number of ether oxygens (including phenoxy) is 2. The van der Waals surface area contributed by atoms with Gasteiger partial charge in [-0.3, -0.25) is 0 Å². The zero-order chi connectivity index (χ0) is 14.0. The molecule has 1 aromatic rings. The maximum atomic E-state index is 12.5. The number of benzene rings is 1. The molecule has 2 rings (SSSR count). The Bertz CT molecular complexity index is 565. The molecule has 1 aliphatic rings. The molecule has 20 heavy (non-hydrogen) atoms. The van der Waals surface area contributed by atoms with Crippen LogP contribution in [0.5, 0.6) is 11.5 Å². The quantitative estimate of drug-likeness (QED) is 0.888. The zero-order valence-corrected chi connectivity index (χ0v) is 13.0. The summed E-state index contributed by atoms with van der Waals surface area (Å²) >= 11 is 0. The molecule has 0 radical (unpaired) electrons. The fraction of sp³-hybridized carbons (Fsp3) is 0.500. The molecule has 0 saturated heterocycles. The Balaban J connectivity index is 0.00000200. The van der Waals surface area contributed by atoms with Crippen molar-refractivity contribution in [2.75, 3.05) is 26.8 Å². The van der Waals surface area contributed by atoms with Crippen LogP contribution in [0.4, 0.5) is 0 Å². The smallest absolute Gasteiger partial charge is 0.246 e. The lowest BCUT2D eigenvalue weighted by atomic mass is 10.3. The highest BCUT2D eigenvalue weighted by molar-refractivity contribution is 7.89. The molecule has 0 bridgehead atoms. The summed E-state index contributed by atoms with van der Waals surface area (Å²) in [5, 5.41) is 0. The van der Waals surface area contributed by atoms with E-state index < -0.39 is 10.0 Å². The van der Waals surface area contributed by atoms with Crippen molar-refractivity contribution in [3.8, 4) is 11.5 Å². The molecule has 1 atom stereocenters. The van der Waals surface area contributed by atoms with E-state index in [1.807, 2.05) is 0 Å². The number of likely N-dealkylation sites (N-methyl/N-ethyl adjacent to an activating group) is 1. The largest absolute Gasteiger partial charge is 0.486 e. The number of rotatable bonds is 4. The summed E-state index contributed by atoms with van der Waals surface area (Å²) in [5.74, 6) is 0.742. The van der Waals surface area contributed by atoms with Crippen LogP contribution in [0.1, 0.15) is 6.92 Å². The van der Waals surface area contributed by atoms with E-state index >= 15 is 0 Å². The number of hydrogen-bond donors (Lipinski definition) is 1. The van der Waals surface area contributed by atoms with Crippen LogP contribution in [0.3, 0.4) is 0 Å².